The van der Waals surface area contributed by atoms with E-state index in [0.717, 1.165) is 0 Å². The van der Waals surface area contributed by atoms with E-state index < -0.39 is 28.7 Å². The van der Waals surface area contributed by atoms with Crippen LogP contribution in [0.1, 0.15) is 44.0 Å². The van der Waals surface area contributed by atoms with E-state index in [1.54, 1.807) is 69.3 Å². The van der Waals surface area contributed by atoms with Gasteiger partial charge in [0.05, 0.1) is 0 Å². The summed E-state index contributed by atoms with van der Waals surface area (Å²) in [6.45, 7) is 5.15. The average molecular weight is 411 g/mol. The second-order valence-corrected chi connectivity index (χ2v) is 7.83. The number of halogens is 2. The molecular weight excluding hydrogens is 391 g/mol. The van der Waals surface area contributed by atoms with Crippen LogP contribution in [-0.4, -0.2) is 16.6 Å². The van der Waals surface area contributed by atoms with Crippen LogP contribution in [-0.2, 0) is 4.74 Å². The molecule has 0 aliphatic carbocycles. The van der Waals surface area contributed by atoms with Crippen molar-refractivity contribution in [1.29, 1.82) is 0 Å². The second kappa shape index (κ2) is 8.59. The van der Waals surface area contributed by atoms with Crippen LogP contribution in [0.2, 0.25) is 10.0 Å². The molecule has 8 heteroatoms. The van der Waals surface area contributed by atoms with Crippen LogP contribution >= 0.6 is 23.2 Å². The third kappa shape index (κ3) is 6.12. The Labute approximate surface area is 167 Å². The minimum Gasteiger partial charge on any atom is -0.444 e. The Bertz CT molecular complexity index is 802. The first-order valence-corrected chi connectivity index (χ1v) is 8.96. The van der Waals surface area contributed by atoms with E-state index in [1.165, 1.54) is 0 Å². The summed E-state index contributed by atoms with van der Waals surface area (Å²) in [4.78, 5) is 23.8. The number of ether oxygens (including phenoxy) is 1. The van der Waals surface area contributed by atoms with E-state index in [4.69, 9.17) is 27.9 Å². The summed E-state index contributed by atoms with van der Waals surface area (Å²) in [5, 5.41) is 15.5. The number of alkyl carbamates (subject to hydrolysis) is 1. The van der Waals surface area contributed by atoms with Gasteiger partial charge in [-0.25, -0.2) is 4.79 Å². The number of carbonyl (C=O) groups excluding carboxylic acids is 1. The SMILES string of the molecule is CC(C)(C)OC(=O)NC(c1ccc(Cl)cc1)[C@H](c1ccc(Cl)cc1)[N+](=O)[O-]. The molecule has 0 aliphatic rings. The van der Waals surface area contributed by atoms with Crippen molar-refractivity contribution in [3.8, 4) is 0 Å². The highest BCUT2D eigenvalue weighted by atomic mass is 35.5. The monoisotopic (exact) mass is 410 g/mol. The molecule has 2 atom stereocenters. The molecule has 0 fully saturated rings. The van der Waals surface area contributed by atoms with Gasteiger partial charge in [0, 0.05) is 20.5 Å². The van der Waals surface area contributed by atoms with Gasteiger partial charge in [-0.2, -0.15) is 0 Å². The van der Waals surface area contributed by atoms with Crippen molar-refractivity contribution in [3.05, 3.63) is 79.8 Å². The lowest BCUT2D eigenvalue weighted by Gasteiger charge is -2.26. The van der Waals surface area contributed by atoms with E-state index in [1.807, 2.05) is 0 Å². The van der Waals surface area contributed by atoms with Crippen LogP contribution in [0.3, 0.4) is 0 Å². The smallest absolute Gasteiger partial charge is 0.408 e. The minimum atomic E-state index is -1.24. The maximum atomic E-state index is 12.3. The van der Waals surface area contributed by atoms with Gasteiger partial charge < -0.3 is 10.1 Å². The lowest BCUT2D eigenvalue weighted by atomic mass is 9.94. The molecule has 1 amide bonds. The highest BCUT2D eigenvalue weighted by molar-refractivity contribution is 6.30. The van der Waals surface area contributed by atoms with E-state index in [0.29, 0.717) is 21.2 Å². The molecule has 27 heavy (non-hydrogen) atoms. The van der Waals surface area contributed by atoms with Crippen LogP contribution in [0.15, 0.2) is 48.5 Å². The Hall–Kier alpha value is -2.31. The van der Waals surface area contributed by atoms with Crippen molar-refractivity contribution in [2.45, 2.75) is 38.5 Å². The summed E-state index contributed by atoms with van der Waals surface area (Å²) in [5.41, 5.74) is 0.196. The molecule has 0 aromatic heterocycles. The topological polar surface area (TPSA) is 81.5 Å². The van der Waals surface area contributed by atoms with Gasteiger partial charge in [-0.15, -0.1) is 0 Å². The molecule has 1 N–H and O–H groups in total. The predicted octanol–water partition coefficient (Wildman–Crippen LogP) is 5.58. The average Bonchev–Trinajstić information content (AvgIpc) is 2.55. The molecule has 0 bridgehead atoms. The van der Waals surface area contributed by atoms with Crippen LogP contribution in [0.4, 0.5) is 4.79 Å². The first kappa shape index (κ1) is 21.0. The fourth-order valence-electron chi connectivity index (χ4n) is 2.55. The highest BCUT2D eigenvalue weighted by Crippen LogP contribution is 2.33. The fraction of sp³-hybridized carbons (Fsp3) is 0.316. The number of carbonyl (C=O) groups is 1. The molecule has 144 valence electrons. The Morgan fingerprint density at radius 2 is 1.44 bits per heavy atom. The Balaban J connectivity index is 2.44. The number of hydrogen-bond donors (Lipinski definition) is 1. The van der Waals surface area contributed by atoms with Gasteiger partial charge in [-0.05, 0) is 50.6 Å². The van der Waals surface area contributed by atoms with E-state index >= 15 is 0 Å². The largest absolute Gasteiger partial charge is 0.444 e. The molecule has 2 aromatic rings. The van der Waals surface area contributed by atoms with Gasteiger partial charge >= 0.3 is 6.09 Å². The quantitative estimate of drug-likeness (QED) is 0.515. The molecule has 2 aromatic carbocycles. The van der Waals surface area contributed by atoms with Crippen molar-refractivity contribution in [2.75, 3.05) is 0 Å². The van der Waals surface area contributed by atoms with E-state index in [-0.39, 0.29) is 0 Å². The maximum Gasteiger partial charge on any atom is 0.408 e. The normalized spacial score (nSPS) is 13.5. The molecule has 6 nitrogen and oxygen atoms in total. The highest BCUT2D eigenvalue weighted by Gasteiger charge is 2.36. The van der Waals surface area contributed by atoms with Gasteiger partial charge in [0.15, 0.2) is 0 Å². The molecule has 0 heterocycles. The van der Waals surface area contributed by atoms with Crippen molar-refractivity contribution >= 4 is 29.3 Å². The Kier molecular flexibility index (Phi) is 6.68. The standard InChI is InChI=1S/C19H20Cl2N2O4/c1-19(2,3)27-18(24)22-16(12-4-8-14(20)9-5-12)17(23(25)26)13-6-10-15(21)11-7-13/h4-11,16-17H,1-3H3,(H,22,24)/t16?,17-/m0/s1. The zero-order chi connectivity index (χ0) is 20.2. The molecule has 0 saturated heterocycles. The molecule has 0 saturated carbocycles. The van der Waals surface area contributed by atoms with Crippen molar-refractivity contribution in [3.63, 3.8) is 0 Å². The number of benzene rings is 2. The second-order valence-electron chi connectivity index (χ2n) is 6.96. The molecular formula is C19H20Cl2N2O4. The first-order valence-electron chi connectivity index (χ1n) is 8.21. The van der Waals surface area contributed by atoms with Crippen LogP contribution in [0.5, 0.6) is 0 Å². The third-order valence-electron chi connectivity index (χ3n) is 3.66. The summed E-state index contributed by atoms with van der Waals surface area (Å²) in [6.07, 6.45) is -0.747. The number of amides is 1. The first-order chi connectivity index (χ1) is 12.6. The third-order valence-corrected chi connectivity index (χ3v) is 4.16. The number of nitro groups is 1. The zero-order valence-electron chi connectivity index (χ0n) is 15.1. The predicted molar refractivity (Wildman–Crippen MR) is 105 cm³/mol. The van der Waals surface area contributed by atoms with Gasteiger partial charge in [0.1, 0.15) is 11.6 Å². The summed E-state index contributed by atoms with van der Waals surface area (Å²) < 4.78 is 5.28. The summed E-state index contributed by atoms with van der Waals surface area (Å²) in [7, 11) is 0. The van der Waals surface area contributed by atoms with Crippen molar-refractivity contribution in [1.82, 2.24) is 5.32 Å². The van der Waals surface area contributed by atoms with Crippen LogP contribution in [0.25, 0.3) is 0 Å². The summed E-state index contributed by atoms with van der Waals surface area (Å²) in [6, 6.07) is 10.6. The summed E-state index contributed by atoms with van der Waals surface area (Å²) in [5.74, 6) is 0. The molecule has 0 spiro atoms. The van der Waals surface area contributed by atoms with Crippen molar-refractivity contribution < 1.29 is 14.5 Å². The molecule has 1 unspecified atom stereocenters. The van der Waals surface area contributed by atoms with Crippen LogP contribution < -0.4 is 5.32 Å². The van der Waals surface area contributed by atoms with Gasteiger partial charge in [-0.1, -0.05) is 47.5 Å². The van der Waals surface area contributed by atoms with Gasteiger partial charge in [0.2, 0.25) is 0 Å². The van der Waals surface area contributed by atoms with Gasteiger partial charge in [0.25, 0.3) is 6.04 Å². The maximum absolute atomic E-state index is 12.3. The van der Waals surface area contributed by atoms with E-state index in [9.17, 15) is 14.9 Å². The molecule has 0 aliphatic heterocycles. The molecule has 2 rings (SSSR count). The fourth-order valence-corrected chi connectivity index (χ4v) is 2.80. The molecule has 0 radical (unpaired) electrons. The Morgan fingerprint density at radius 3 is 1.85 bits per heavy atom. The van der Waals surface area contributed by atoms with Crippen LogP contribution in [0, 0.1) is 10.1 Å². The minimum absolute atomic E-state index is 0.403. The Morgan fingerprint density at radius 1 is 1.00 bits per heavy atom. The zero-order valence-corrected chi connectivity index (χ0v) is 16.6. The summed E-state index contributed by atoms with van der Waals surface area (Å²) >= 11 is 11.8. The number of rotatable bonds is 5. The van der Waals surface area contributed by atoms with Gasteiger partial charge in [-0.3, -0.25) is 10.1 Å². The lowest BCUT2D eigenvalue weighted by molar-refractivity contribution is -0.534. The number of nitrogens with one attached hydrogen (secondary N) is 1. The van der Waals surface area contributed by atoms with Crippen molar-refractivity contribution in [2.24, 2.45) is 0 Å². The van der Waals surface area contributed by atoms with E-state index in [2.05, 4.69) is 5.32 Å². The number of hydrogen-bond acceptors (Lipinski definition) is 4. The lowest BCUT2D eigenvalue weighted by Crippen LogP contribution is -2.39. The number of nitrogens with zero attached hydrogens (tertiary/aromatic N) is 1.